The average molecular weight is 285 g/mol. The molecule has 2 aromatic heterocycles. The number of imidazole rings is 2. The smallest absolute Gasteiger partial charge is 0.121 e. The number of nitrogens with one attached hydrogen (secondary N) is 2. The Morgan fingerprint density at radius 1 is 1.43 bits per heavy atom. The highest BCUT2D eigenvalue weighted by Crippen LogP contribution is 2.18. The molecule has 2 N–H and O–H groups in total. The predicted molar refractivity (Wildman–Crippen MR) is 81.2 cm³/mol. The van der Waals surface area contributed by atoms with Crippen LogP contribution in [0.5, 0.6) is 5.75 Å². The number of benzene rings is 1. The molecule has 0 aliphatic rings. The summed E-state index contributed by atoms with van der Waals surface area (Å²) in [5, 5.41) is 3.45. The van der Waals surface area contributed by atoms with E-state index in [1.807, 2.05) is 30.7 Å². The maximum atomic E-state index is 5.22. The van der Waals surface area contributed by atoms with Gasteiger partial charge in [0, 0.05) is 31.0 Å². The quantitative estimate of drug-likeness (QED) is 0.726. The number of ether oxygens (including phenoxy) is 1. The van der Waals surface area contributed by atoms with Crippen LogP contribution >= 0.6 is 0 Å². The number of aromatic nitrogens is 4. The van der Waals surface area contributed by atoms with Gasteiger partial charge in [0.15, 0.2) is 0 Å². The topological polar surface area (TPSA) is 67.8 Å². The second kappa shape index (κ2) is 5.97. The number of rotatable bonds is 6. The summed E-state index contributed by atoms with van der Waals surface area (Å²) < 4.78 is 7.27. The van der Waals surface area contributed by atoms with Crippen LogP contribution in [0.3, 0.4) is 0 Å². The second-order valence-electron chi connectivity index (χ2n) is 5.11. The molecule has 0 aliphatic heterocycles. The molecule has 0 aliphatic carbocycles. The highest BCUT2D eigenvalue weighted by atomic mass is 16.5. The van der Waals surface area contributed by atoms with Crippen LogP contribution in [0.15, 0.2) is 36.9 Å². The molecule has 0 fully saturated rings. The molecule has 110 valence electrons. The summed E-state index contributed by atoms with van der Waals surface area (Å²) in [5.41, 5.74) is 1.95. The first-order valence-electron chi connectivity index (χ1n) is 6.96. The van der Waals surface area contributed by atoms with Crippen molar-refractivity contribution in [3.05, 3.63) is 42.7 Å². The van der Waals surface area contributed by atoms with Crippen LogP contribution in [0.4, 0.5) is 0 Å². The first-order valence-corrected chi connectivity index (χ1v) is 6.96. The van der Waals surface area contributed by atoms with Crippen molar-refractivity contribution >= 4 is 11.0 Å². The zero-order valence-corrected chi connectivity index (χ0v) is 12.2. The van der Waals surface area contributed by atoms with Gasteiger partial charge in [-0.2, -0.15) is 0 Å². The van der Waals surface area contributed by atoms with Gasteiger partial charge < -0.3 is 19.6 Å². The fraction of sp³-hybridized carbons (Fsp3) is 0.333. The van der Waals surface area contributed by atoms with Crippen molar-refractivity contribution in [2.45, 2.75) is 26.1 Å². The first kappa shape index (κ1) is 13.6. The summed E-state index contributed by atoms with van der Waals surface area (Å²) in [6.45, 7) is 3.73. The largest absolute Gasteiger partial charge is 0.497 e. The van der Waals surface area contributed by atoms with Crippen LogP contribution in [0, 0.1) is 0 Å². The Kier molecular flexibility index (Phi) is 3.87. The van der Waals surface area contributed by atoms with Crippen molar-refractivity contribution in [2.24, 2.45) is 0 Å². The van der Waals surface area contributed by atoms with Crippen molar-refractivity contribution in [1.82, 2.24) is 24.8 Å². The van der Waals surface area contributed by atoms with Gasteiger partial charge in [0.2, 0.25) is 0 Å². The van der Waals surface area contributed by atoms with Crippen molar-refractivity contribution in [1.29, 1.82) is 0 Å². The van der Waals surface area contributed by atoms with Crippen molar-refractivity contribution in [3.63, 3.8) is 0 Å². The van der Waals surface area contributed by atoms with E-state index in [1.54, 1.807) is 13.3 Å². The molecular formula is C15H19N5O. The highest BCUT2D eigenvalue weighted by molar-refractivity contribution is 5.76. The molecule has 2 heterocycles. The standard InChI is InChI=1S/C15H19N5O/c1-11(9-20-6-5-16-10-20)17-8-15-18-13-4-3-12(21-2)7-14(13)19-15/h3-7,10-11,17H,8-9H2,1-2H3,(H,18,19)/t11-/m1/s1. The Bertz CT molecular complexity index is 704. The lowest BCUT2D eigenvalue weighted by Gasteiger charge is -2.13. The molecule has 6 heteroatoms. The summed E-state index contributed by atoms with van der Waals surface area (Å²) in [7, 11) is 1.66. The van der Waals surface area contributed by atoms with E-state index in [1.165, 1.54) is 0 Å². The third-order valence-corrected chi connectivity index (χ3v) is 3.40. The molecule has 0 bridgehead atoms. The van der Waals surface area contributed by atoms with Gasteiger partial charge >= 0.3 is 0 Å². The molecule has 0 spiro atoms. The SMILES string of the molecule is COc1ccc2nc(CN[C@H](C)Cn3ccnc3)[nH]c2c1. The molecule has 1 aromatic carbocycles. The number of aromatic amines is 1. The van der Waals surface area contributed by atoms with Crippen LogP contribution in [0.1, 0.15) is 12.7 Å². The molecular weight excluding hydrogens is 266 g/mol. The fourth-order valence-electron chi connectivity index (χ4n) is 2.30. The van der Waals surface area contributed by atoms with Crippen molar-refractivity contribution < 1.29 is 4.74 Å². The maximum absolute atomic E-state index is 5.22. The second-order valence-corrected chi connectivity index (χ2v) is 5.11. The maximum Gasteiger partial charge on any atom is 0.121 e. The van der Waals surface area contributed by atoms with Crippen LogP contribution in [0.25, 0.3) is 11.0 Å². The lowest BCUT2D eigenvalue weighted by molar-refractivity contribution is 0.415. The normalized spacial score (nSPS) is 12.7. The summed E-state index contributed by atoms with van der Waals surface area (Å²) in [4.78, 5) is 11.9. The van der Waals surface area contributed by atoms with Crippen molar-refractivity contribution in [3.8, 4) is 5.75 Å². The summed E-state index contributed by atoms with van der Waals surface area (Å²) in [6.07, 6.45) is 5.58. The van der Waals surface area contributed by atoms with E-state index in [-0.39, 0.29) is 0 Å². The molecule has 1 atom stereocenters. The van der Waals surface area contributed by atoms with Crippen LogP contribution in [-0.2, 0) is 13.1 Å². The lowest BCUT2D eigenvalue weighted by atomic mass is 10.3. The zero-order chi connectivity index (χ0) is 14.7. The summed E-state index contributed by atoms with van der Waals surface area (Å²) in [5.74, 6) is 1.76. The van der Waals surface area contributed by atoms with E-state index >= 15 is 0 Å². The molecule has 0 saturated carbocycles. The molecule has 0 amide bonds. The third kappa shape index (κ3) is 3.22. The van der Waals surface area contributed by atoms with Crippen molar-refractivity contribution in [2.75, 3.05) is 7.11 Å². The predicted octanol–water partition coefficient (Wildman–Crippen LogP) is 1.95. The van der Waals surface area contributed by atoms with Gasteiger partial charge in [0.1, 0.15) is 11.6 Å². The monoisotopic (exact) mass is 285 g/mol. The number of fused-ring (bicyclic) bond motifs is 1. The number of H-pyrrole nitrogens is 1. The van der Waals surface area contributed by atoms with E-state index in [4.69, 9.17) is 4.74 Å². The van der Waals surface area contributed by atoms with Gasteiger partial charge in [0.25, 0.3) is 0 Å². The van der Waals surface area contributed by atoms with Crippen LogP contribution < -0.4 is 10.1 Å². The van der Waals surface area contributed by atoms with Gasteiger partial charge in [-0.1, -0.05) is 0 Å². The third-order valence-electron chi connectivity index (χ3n) is 3.40. The van der Waals surface area contributed by atoms with E-state index in [0.29, 0.717) is 12.6 Å². The fourth-order valence-corrected chi connectivity index (χ4v) is 2.30. The van der Waals surface area contributed by atoms with Crippen LogP contribution in [-0.4, -0.2) is 32.7 Å². The first-order chi connectivity index (χ1) is 10.2. The Morgan fingerprint density at radius 2 is 2.33 bits per heavy atom. The number of hydrogen-bond acceptors (Lipinski definition) is 4. The molecule has 3 rings (SSSR count). The Hall–Kier alpha value is -2.34. The molecule has 6 nitrogen and oxygen atoms in total. The summed E-state index contributed by atoms with van der Waals surface area (Å²) in [6, 6.07) is 6.17. The number of methoxy groups -OCH3 is 1. The minimum Gasteiger partial charge on any atom is -0.497 e. The minimum atomic E-state index is 0.335. The molecule has 0 radical (unpaired) electrons. The van der Waals surface area contributed by atoms with Gasteiger partial charge in [-0.25, -0.2) is 9.97 Å². The molecule has 21 heavy (non-hydrogen) atoms. The van der Waals surface area contributed by atoms with E-state index in [9.17, 15) is 0 Å². The number of hydrogen-bond donors (Lipinski definition) is 2. The van der Waals surface area contributed by atoms with Gasteiger partial charge in [-0.3, -0.25) is 0 Å². The average Bonchev–Trinajstić information content (AvgIpc) is 3.12. The lowest BCUT2D eigenvalue weighted by Crippen LogP contribution is -2.29. The Balaban J connectivity index is 1.62. The highest BCUT2D eigenvalue weighted by Gasteiger charge is 2.06. The Labute approximate surface area is 123 Å². The molecule has 0 unspecified atom stereocenters. The molecule has 3 aromatic rings. The van der Waals surface area contributed by atoms with Gasteiger partial charge in [-0.15, -0.1) is 0 Å². The van der Waals surface area contributed by atoms with E-state index < -0.39 is 0 Å². The van der Waals surface area contributed by atoms with Gasteiger partial charge in [0.05, 0.1) is 31.0 Å². The number of nitrogens with zero attached hydrogens (tertiary/aromatic N) is 3. The van der Waals surface area contributed by atoms with Gasteiger partial charge in [-0.05, 0) is 19.1 Å². The zero-order valence-electron chi connectivity index (χ0n) is 12.2. The van der Waals surface area contributed by atoms with E-state index in [0.717, 1.165) is 29.2 Å². The molecule has 0 saturated heterocycles. The Morgan fingerprint density at radius 3 is 3.10 bits per heavy atom. The van der Waals surface area contributed by atoms with E-state index in [2.05, 4.69) is 31.8 Å². The van der Waals surface area contributed by atoms with Crippen LogP contribution in [0.2, 0.25) is 0 Å². The minimum absolute atomic E-state index is 0.335. The summed E-state index contributed by atoms with van der Waals surface area (Å²) >= 11 is 0.